The van der Waals surface area contributed by atoms with E-state index in [-0.39, 0.29) is 28.4 Å². The first-order chi connectivity index (χ1) is 21.1. The second-order valence-corrected chi connectivity index (χ2v) is 11.1. The van der Waals surface area contributed by atoms with Gasteiger partial charge in [0.1, 0.15) is 16.8 Å². The van der Waals surface area contributed by atoms with Crippen LogP contribution in [-0.4, -0.2) is 51.0 Å². The lowest BCUT2D eigenvalue weighted by Gasteiger charge is -2.10. The van der Waals surface area contributed by atoms with Crippen molar-refractivity contribution in [2.75, 3.05) is 5.32 Å². The summed E-state index contributed by atoms with van der Waals surface area (Å²) in [6, 6.07) is 11.2. The SMILES string of the molecule is CCC1S/C(=N/N=C\c2ccco2)NC1=O.O=C(CC1S/C(=N/N=C\c2ccco2)NC1=O)Nc1cccc(C(F)(F)F)c1. The summed E-state index contributed by atoms with van der Waals surface area (Å²) in [6.45, 7) is 1.96. The molecular weight excluding hydrogens is 623 g/mol. The van der Waals surface area contributed by atoms with Gasteiger partial charge < -0.3 is 24.8 Å². The average molecular weight is 648 g/mol. The molecule has 2 aliphatic heterocycles. The van der Waals surface area contributed by atoms with Crippen LogP contribution in [0.2, 0.25) is 0 Å². The van der Waals surface area contributed by atoms with E-state index in [0.29, 0.717) is 16.7 Å². The normalized spacial score (nSPS) is 20.3. The Balaban J connectivity index is 0.000000233. The third-order valence-electron chi connectivity index (χ3n) is 5.52. The van der Waals surface area contributed by atoms with Crippen LogP contribution in [0.1, 0.15) is 36.8 Å². The Kier molecular flexibility index (Phi) is 11.1. The van der Waals surface area contributed by atoms with Crippen LogP contribution < -0.4 is 16.0 Å². The number of hydrogen-bond donors (Lipinski definition) is 3. The molecule has 0 bridgehead atoms. The molecule has 5 rings (SSSR count). The van der Waals surface area contributed by atoms with Crippen molar-refractivity contribution in [3.63, 3.8) is 0 Å². The smallest absolute Gasteiger partial charge is 0.416 e. The number of carbonyl (C=O) groups excluding carboxylic acids is 3. The van der Waals surface area contributed by atoms with Gasteiger partial charge in [-0.1, -0.05) is 36.5 Å². The maximum atomic E-state index is 12.7. The van der Waals surface area contributed by atoms with E-state index < -0.39 is 28.8 Å². The van der Waals surface area contributed by atoms with Crippen molar-refractivity contribution in [2.45, 2.75) is 36.4 Å². The van der Waals surface area contributed by atoms with Crippen LogP contribution in [0.4, 0.5) is 18.9 Å². The Morgan fingerprint density at radius 2 is 1.48 bits per heavy atom. The van der Waals surface area contributed by atoms with Crippen LogP contribution in [-0.2, 0) is 20.6 Å². The summed E-state index contributed by atoms with van der Waals surface area (Å²) in [5, 5.41) is 22.8. The highest BCUT2D eigenvalue weighted by Crippen LogP contribution is 2.31. The molecule has 3 N–H and O–H groups in total. The highest BCUT2D eigenvalue weighted by molar-refractivity contribution is 8.15. The molecule has 4 heterocycles. The zero-order chi connectivity index (χ0) is 31.5. The molecular formula is C27H24F3N7O5S2. The number of thioether (sulfide) groups is 2. The summed E-state index contributed by atoms with van der Waals surface area (Å²) in [5.74, 6) is 0.0873. The summed E-state index contributed by atoms with van der Waals surface area (Å²) >= 11 is 2.41. The number of hydrogen-bond acceptors (Lipinski definition) is 11. The van der Waals surface area contributed by atoms with Crippen molar-refractivity contribution in [1.82, 2.24) is 10.6 Å². The van der Waals surface area contributed by atoms with Gasteiger partial charge in [0.2, 0.25) is 17.7 Å². The standard InChI is InChI=1S/C17H13F3N4O3S.C10H11N3O2S/c18-17(19,20)10-3-1-4-11(7-10)22-14(25)8-13-15(26)23-16(28-13)24-21-9-12-5-2-6-27-12;1-2-8-9(14)12-10(16-8)13-11-6-7-4-3-5-15-7/h1-7,9,13H,8H2,(H,22,25)(H,23,24,26);3-6,8H,2H2,1H3,(H,12,13,14)/b21-9-;11-6-. The lowest BCUT2D eigenvalue weighted by molar-refractivity contribution is -0.137. The molecule has 0 saturated carbocycles. The first kappa shape index (κ1) is 32.3. The highest BCUT2D eigenvalue weighted by atomic mass is 32.2. The van der Waals surface area contributed by atoms with Crippen LogP contribution in [0, 0.1) is 0 Å². The first-order valence-corrected chi connectivity index (χ1v) is 14.6. The lowest BCUT2D eigenvalue weighted by Crippen LogP contribution is -2.28. The monoisotopic (exact) mass is 647 g/mol. The molecule has 44 heavy (non-hydrogen) atoms. The van der Waals surface area contributed by atoms with E-state index in [0.717, 1.165) is 30.3 Å². The fourth-order valence-corrected chi connectivity index (χ4v) is 5.25. The lowest BCUT2D eigenvalue weighted by atomic mass is 10.2. The number of nitrogens with zero attached hydrogens (tertiary/aromatic N) is 4. The van der Waals surface area contributed by atoms with Gasteiger partial charge in [0.15, 0.2) is 10.3 Å². The minimum atomic E-state index is -4.51. The van der Waals surface area contributed by atoms with Crippen LogP contribution >= 0.6 is 23.5 Å². The maximum Gasteiger partial charge on any atom is 0.416 e. The van der Waals surface area contributed by atoms with Crippen molar-refractivity contribution in [2.24, 2.45) is 20.4 Å². The van der Waals surface area contributed by atoms with Crippen molar-refractivity contribution >= 4 is 69.7 Å². The van der Waals surface area contributed by atoms with Crippen LogP contribution in [0.3, 0.4) is 0 Å². The largest absolute Gasteiger partial charge is 0.463 e. The minimum Gasteiger partial charge on any atom is -0.463 e. The third-order valence-corrected chi connectivity index (χ3v) is 7.83. The number of furan rings is 2. The van der Waals surface area contributed by atoms with Crippen LogP contribution in [0.25, 0.3) is 0 Å². The molecule has 2 atom stereocenters. The van der Waals surface area contributed by atoms with Crippen LogP contribution in [0.5, 0.6) is 0 Å². The molecule has 1 aromatic carbocycles. The van der Waals surface area contributed by atoms with E-state index in [1.807, 2.05) is 6.92 Å². The molecule has 230 valence electrons. The van der Waals surface area contributed by atoms with Gasteiger partial charge in [-0.25, -0.2) is 0 Å². The van der Waals surface area contributed by atoms with Gasteiger partial charge in [-0.3, -0.25) is 14.4 Å². The van der Waals surface area contributed by atoms with E-state index in [9.17, 15) is 27.6 Å². The Morgan fingerprint density at radius 1 is 0.909 bits per heavy atom. The summed E-state index contributed by atoms with van der Waals surface area (Å²) < 4.78 is 48.3. The number of anilines is 1. The number of rotatable bonds is 8. The molecule has 3 aromatic rings. The van der Waals surface area contributed by atoms with Crippen molar-refractivity contribution < 1.29 is 36.4 Å². The van der Waals surface area contributed by atoms with Crippen LogP contribution in [0.15, 0.2) is 90.3 Å². The number of halogens is 3. The van der Waals surface area contributed by atoms with Crippen molar-refractivity contribution in [1.29, 1.82) is 0 Å². The van der Waals surface area contributed by atoms with Gasteiger partial charge in [0.25, 0.3) is 0 Å². The Labute approximate surface area is 256 Å². The van der Waals surface area contributed by atoms with E-state index in [4.69, 9.17) is 8.83 Å². The van der Waals surface area contributed by atoms with E-state index in [1.165, 1.54) is 42.6 Å². The highest BCUT2D eigenvalue weighted by Gasteiger charge is 2.33. The zero-order valence-electron chi connectivity index (χ0n) is 22.8. The molecule has 0 radical (unpaired) electrons. The molecule has 2 aromatic heterocycles. The molecule has 0 aliphatic carbocycles. The fourth-order valence-electron chi connectivity index (χ4n) is 3.47. The van der Waals surface area contributed by atoms with Gasteiger partial charge in [-0.05, 0) is 48.9 Å². The van der Waals surface area contributed by atoms with Gasteiger partial charge in [0, 0.05) is 12.1 Å². The topological polar surface area (TPSA) is 163 Å². The average Bonchev–Trinajstić information content (AvgIpc) is 3.79. The van der Waals surface area contributed by atoms with Gasteiger partial charge in [-0.15, -0.1) is 10.2 Å². The third kappa shape index (κ3) is 9.70. The molecule has 2 saturated heterocycles. The quantitative estimate of drug-likeness (QED) is 0.232. The molecule has 2 aliphatic rings. The minimum absolute atomic E-state index is 0.000156. The number of carbonyl (C=O) groups is 3. The zero-order valence-corrected chi connectivity index (χ0v) is 24.4. The number of amides is 3. The predicted octanol–water partition coefficient (Wildman–Crippen LogP) is 4.86. The Bertz CT molecular complexity index is 1570. The first-order valence-electron chi connectivity index (χ1n) is 12.8. The number of alkyl halides is 3. The van der Waals surface area contributed by atoms with E-state index in [1.54, 1.807) is 30.5 Å². The predicted molar refractivity (Wildman–Crippen MR) is 161 cm³/mol. The van der Waals surface area contributed by atoms with Gasteiger partial charge in [0.05, 0.1) is 35.8 Å². The Hall–Kier alpha value is -4.64. The van der Waals surface area contributed by atoms with Gasteiger partial charge >= 0.3 is 6.18 Å². The second-order valence-electron chi connectivity index (χ2n) is 8.76. The molecule has 3 amide bonds. The number of benzene rings is 1. The molecule has 17 heteroatoms. The number of amidine groups is 2. The Morgan fingerprint density at radius 3 is 1.98 bits per heavy atom. The molecule has 2 fully saturated rings. The number of nitrogens with one attached hydrogen (secondary N) is 3. The maximum absolute atomic E-state index is 12.7. The van der Waals surface area contributed by atoms with Gasteiger partial charge in [-0.2, -0.15) is 23.4 Å². The summed E-state index contributed by atoms with van der Waals surface area (Å²) in [4.78, 5) is 35.3. The summed E-state index contributed by atoms with van der Waals surface area (Å²) in [7, 11) is 0. The second kappa shape index (κ2) is 15.2. The van der Waals surface area contributed by atoms with Crippen molar-refractivity contribution in [3.8, 4) is 0 Å². The van der Waals surface area contributed by atoms with Crippen molar-refractivity contribution in [3.05, 3.63) is 78.1 Å². The van der Waals surface area contributed by atoms with E-state index >= 15 is 0 Å². The van der Waals surface area contributed by atoms with E-state index in [2.05, 4.69) is 36.4 Å². The summed E-state index contributed by atoms with van der Waals surface area (Å²) in [5.41, 5.74) is -0.873. The molecule has 12 nitrogen and oxygen atoms in total. The molecule has 0 spiro atoms. The molecule has 2 unspecified atom stereocenters. The fraction of sp³-hybridized carbons (Fsp3) is 0.222. The summed E-state index contributed by atoms with van der Waals surface area (Å²) in [6.07, 6.45) is 1.94.